The fourth-order valence-electron chi connectivity index (χ4n) is 0.581. The Morgan fingerprint density at radius 2 is 1.13 bits per heavy atom. The Bertz CT molecular complexity index is 267. The van der Waals surface area contributed by atoms with Crippen molar-refractivity contribution in [1.82, 2.24) is 0 Å². The van der Waals surface area contributed by atoms with Gasteiger partial charge in [0.05, 0.1) is 0 Å². The molecule has 15 heavy (non-hydrogen) atoms. The molecule has 0 bridgehead atoms. The maximum absolute atomic E-state index is 5.17. The Balaban J connectivity index is 4.25. The van der Waals surface area contributed by atoms with Crippen LogP contribution in [0.2, 0.25) is 13.1 Å². The van der Waals surface area contributed by atoms with Crippen molar-refractivity contribution in [3.05, 3.63) is 0 Å². The first kappa shape index (κ1) is 13.9. The molecular formula is C12H20O2Si. The van der Waals surface area contributed by atoms with E-state index < -0.39 is 8.07 Å². The van der Waals surface area contributed by atoms with Gasteiger partial charge in [-0.3, -0.25) is 0 Å². The molecule has 0 fully saturated rings. The lowest BCUT2D eigenvalue weighted by Crippen LogP contribution is -2.21. The fourth-order valence-corrected chi connectivity index (χ4v) is 1.27. The summed E-state index contributed by atoms with van der Waals surface area (Å²) in [5.74, 6) is 0. The van der Waals surface area contributed by atoms with E-state index in [1.165, 1.54) is 0 Å². The van der Waals surface area contributed by atoms with Crippen molar-refractivity contribution < 1.29 is 9.47 Å². The maximum atomic E-state index is 5.17. The molecule has 0 aliphatic heterocycles. The molecule has 0 saturated heterocycles. The summed E-state index contributed by atoms with van der Waals surface area (Å²) in [5, 5.41) is 0. The molecule has 0 radical (unpaired) electrons. The van der Waals surface area contributed by atoms with Gasteiger partial charge < -0.3 is 9.47 Å². The SMILES string of the molecule is CC(C)OC#C[Si](C)(C)C#COC(C)C. The molecule has 0 aromatic heterocycles. The maximum Gasteiger partial charge on any atom is 0.219 e. The summed E-state index contributed by atoms with van der Waals surface area (Å²) in [5.41, 5.74) is 6.15. The third-order valence-electron chi connectivity index (χ3n) is 1.32. The van der Waals surface area contributed by atoms with E-state index in [1.54, 1.807) is 0 Å². The second-order valence-electron chi connectivity index (χ2n) is 4.41. The molecule has 0 rings (SSSR count). The van der Waals surface area contributed by atoms with Gasteiger partial charge >= 0.3 is 0 Å². The highest BCUT2D eigenvalue weighted by molar-refractivity contribution is 6.92. The average molecular weight is 224 g/mol. The molecule has 2 nitrogen and oxygen atoms in total. The molecule has 0 aliphatic carbocycles. The summed E-state index contributed by atoms with van der Waals surface area (Å²) >= 11 is 0. The number of ether oxygens (including phenoxy) is 2. The highest BCUT2D eigenvalue weighted by atomic mass is 28.3. The zero-order valence-electron chi connectivity index (χ0n) is 10.5. The van der Waals surface area contributed by atoms with Gasteiger partial charge in [0.15, 0.2) is 0 Å². The van der Waals surface area contributed by atoms with Crippen molar-refractivity contribution in [2.45, 2.75) is 53.0 Å². The van der Waals surface area contributed by atoms with Gasteiger partial charge in [-0.05, 0) is 40.8 Å². The monoisotopic (exact) mass is 224 g/mol. The van der Waals surface area contributed by atoms with Crippen molar-refractivity contribution in [2.75, 3.05) is 0 Å². The van der Waals surface area contributed by atoms with Gasteiger partial charge in [-0.2, -0.15) is 0 Å². The molecule has 3 heteroatoms. The highest BCUT2D eigenvalue weighted by Crippen LogP contribution is 1.98. The molecule has 0 aromatic carbocycles. The molecule has 0 heterocycles. The van der Waals surface area contributed by atoms with Crippen LogP contribution in [0, 0.1) is 23.3 Å². The van der Waals surface area contributed by atoms with Crippen LogP contribution in [0.15, 0.2) is 0 Å². The second-order valence-corrected chi connectivity index (χ2v) is 8.16. The van der Waals surface area contributed by atoms with Gasteiger partial charge in [-0.1, -0.05) is 11.1 Å². The third-order valence-corrected chi connectivity index (χ3v) is 2.77. The molecule has 0 spiro atoms. The summed E-state index contributed by atoms with van der Waals surface area (Å²) < 4.78 is 10.3. The zero-order valence-corrected chi connectivity index (χ0v) is 11.5. The largest absolute Gasteiger partial charge is 0.444 e. The van der Waals surface area contributed by atoms with Crippen LogP contribution in [0.25, 0.3) is 0 Å². The van der Waals surface area contributed by atoms with Gasteiger partial charge in [-0.25, -0.2) is 0 Å². The number of hydrogen-bond acceptors (Lipinski definition) is 2. The normalized spacial score (nSPS) is 10.1. The van der Waals surface area contributed by atoms with E-state index in [0.717, 1.165) is 0 Å². The van der Waals surface area contributed by atoms with Gasteiger partial charge in [0.2, 0.25) is 8.07 Å². The standard InChI is InChI=1S/C12H20O2Si/c1-11(2)13-7-9-15(5,6)10-8-14-12(3)4/h11-12H,1-6H3. The lowest BCUT2D eigenvalue weighted by Gasteiger charge is -2.05. The minimum absolute atomic E-state index is 0.141. The minimum atomic E-state index is -1.81. The number of rotatable bonds is 2. The molecule has 84 valence electrons. The molecular weight excluding hydrogens is 204 g/mol. The third kappa shape index (κ3) is 9.25. The van der Waals surface area contributed by atoms with Crippen molar-refractivity contribution >= 4 is 8.07 Å². The second kappa shape index (κ2) is 6.43. The predicted molar refractivity (Wildman–Crippen MR) is 65.5 cm³/mol. The van der Waals surface area contributed by atoms with Crippen LogP contribution in [0.4, 0.5) is 0 Å². The van der Waals surface area contributed by atoms with Crippen LogP contribution in [-0.2, 0) is 9.47 Å². The average Bonchev–Trinajstić information content (AvgIpc) is 2.01. The first-order valence-corrected chi connectivity index (χ1v) is 8.19. The molecule has 0 saturated carbocycles. The Kier molecular flexibility index (Phi) is 5.97. The Morgan fingerprint density at radius 3 is 1.40 bits per heavy atom. The Morgan fingerprint density at radius 1 is 0.800 bits per heavy atom. The van der Waals surface area contributed by atoms with E-state index in [4.69, 9.17) is 9.47 Å². The quantitative estimate of drug-likeness (QED) is 0.530. The van der Waals surface area contributed by atoms with Gasteiger partial charge in [0.1, 0.15) is 24.4 Å². The molecule has 0 aromatic rings. The Hall–Kier alpha value is -1.06. The lowest BCUT2D eigenvalue weighted by molar-refractivity contribution is 0.204. The summed E-state index contributed by atoms with van der Waals surface area (Å²) in [6.45, 7) is 12.0. The molecule has 0 amide bonds. The first-order valence-electron chi connectivity index (χ1n) is 5.19. The van der Waals surface area contributed by atoms with Crippen LogP contribution in [0.1, 0.15) is 27.7 Å². The lowest BCUT2D eigenvalue weighted by atomic mass is 10.5. The van der Waals surface area contributed by atoms with Crippen LogP contribution < -0.4 is 0 Å². The molecule has 0 atom stereocenters. The van der Waals surface area contributed by atoms with Gasteiger partial charge in [-0.15, -0.1) is 0 Å². The summed E-state index contributed by atoms with van der Waals surface area (Å²) in [6, 6.07) is 0. The smallest absolute Gasteiger partial charge is 0.219 e. The van der Waals surface area contributed by atoms with Crippen LogP contribution in [-0.4, -0.2) is 20.3 Å². The van der Waals surface area contributed by atoms with Crippen molar-refractivity contribution in [1.29, 1.82) is 0 Å². The Labute approximate surface area is 94.4 Å². The first-order chi connectivity index (χ1) is 6.83. The van der Waals surface area contributed by atoms with Gasteiger partial charge in [0, 0.05) is 0 Å². The van der Waals surface area contributed by atoms with Crippen molar-refractivity contribution in [3.63, 3.8) is 0 Å². The summed E-state index contributed by atoms with van der Waals surface area (Å²) in [4.78, 5) is 0. The molecule has 0 aliphatic rings. The van der Waals surface area contributed by atoms with E-state index in [-0.39, 0.29) is 12.2 Å². The van der Waals surface area contributed by atoms with Gasteiger partial charge in [0.25, 0.3) is 0 Å². The molecule has 0 N–H and O–H groups in total. The minimum Gasteiger partial charge on any atom is -0.444 e. The van der Waals surface area contributed by atoms with Crippen LogP contribution >= 0.6 is 0 Å². The molecule has 0 unspecified atom stereocenters. The van der Waals surface area contributed by atoms with E-state index in [1.807, 2.05) is 27.7 Å². The van der Waals surface area contributed by atoms with E-state index in [9.17, 15) is 0 Å². The fraction of sp³-hybridized carbons (Fsp3) is 0.667. The highest BCUT2D eigenvalue weighted by Gasteiger charge is 2.15. The van der Waals surface area contributed by atoms with Crippen molar-refractivity contribution in [2.24, 2.45) is 0 Å². The number of hydrogen-bond donors (Lipinski definition) is 0. The summed E-state index contributed by atoms with van der Waals surface area (Å²) in [7, 11) is -1.81. The zero-order chi connectivity index (χ0) is 11.9. The van der Waals surface area contributed by atoms with E-state index in [0.29, 0.717) is 0 Å². The van der Waals surface area contributed by atoms with E-state index in [2.05, 4.69) is 36.4 Å². The predicted octanol–water partition coefficient (Wildman–Crippen LogP) is 2.55. The van der Waals surface area contributed by atoms with Crippen molar-refractivity contribution in [3.8, 4) is 23.3 Å². The van der Waals surface area contributed by atoms with E-state index >= 15 is 0 Å². The topological polar surface area (TPSA) is 18.5 Å². The summed E-state index contributed by atoms with van der Waals surface area (Å²) in [6.07, 6.45) is 5.72. The van der Waals surface area contributed by atoms with Crippen LogP contribution in [0.3, 0.4) is 0 Å². The van der Waals surface area contributed by atoms with Crippen LogP contribution in [0.5, 0.6) is 0 Å².